The lowest BCUT2D eigenvalue weighted by molar-refractivity contribution is -0.152. The van der Waals surface area contributed by atoms with Gasteiger partial charge in [-0.3, -0.25) is 9.59 Å². The van der Waals surface area contributed by atoms with E-state index in [4.69, 9.17) is 4.74 Å². The summed E-state index contributed by atoms with van der Waals surface area (Å²) < 4.78 is 5.33. The molecule has 3 atom stereocenters. The molecule has 5 nitrogen and oxygen atoms in total. The molecule has 2 amide bonds. The first kappa shape index (κ1) is 14.0. The monoisotopic (exact) mass is 242 g/mol. The van der Waals surface area contributed by atoms with Crippen molar-refractivity contribution in [3.8, 4) is 0 Å². The van der Waals surface area contributed by atoms with E-state index in [2.05, 4.69) is 5.32 Å². The van der Waals surface area contributed by atoms with Crippen LogP contribution in [-0.2, 0) is 14.3 Å². The van der Waals surface area contributed by atoms with E-state index in [9.17, 15) is 9.59 Å². The van der Waals surface area contributed by atoms with Crippen molar-refractivity contribution in [2.45, 2.75) is 52.2 Å². The molecule has 1 aliphatic rings. The summed E-state index contributed by atoms with van der Waals surface area (Å²) in [5.74, 6) is -0.0911. The number of hydrogen-bond acceptors (Lipinski definition) is 3. The van der Waals surface area contributed by atoms with Gasteiger partial charge < -0.3 is 15.0 Å². The summed E-state index contributed by atoms with van der Waals surface area (Å²) in [6.07, 6.45) is 0.626. The Hall–Kier alpha value is -1.10. The summed E-state index contributed by atoms with van der Waals surface area (Å²) in [5, 5.41) is 2.70. The molecule has 3 unspecified atom stereocenters. The molecule has 0 radical (unpaired) electrons. The number of amides is 2. The molecule has 0 bridgehead atoms. The Kier molecular flexibility index (Phi) is 4.93. The normalized spacial score (nSPS) is 26.9. The van der Waals surface area contributed by atoms with E-state index in [0.29, 0.717) is 19.6 Å². The number of rotatable bonds is 5. The first-order valence-corrected chi connectivity index (χ1v) is 6.23. The highest BCUT2D eigenvalue weighted by molar-refractivity contribution is 5.96. The van der Waals surface area contributed by atoms with E-state index in [1.807, 2.05) is 20.8 Å². The van der Waals surface area contributed by atoms with Crippen LogP contribution in [0.2, 0.25) is 0 Å². The van der Waals surface area contributed by atoms with Gasteiger partial charge in [0, 0.05) is 6.61 Å². The molecule has 1 fully saturated rings. The van der Waals surface area contributed by atoms with E-state index in [0.717, 1.165) is 0 Å². The third kappa shape index (κ3) is 2.97. The average Bonchev–Trinajstić information content (AvgIpc) is 2.30. The predicted molar refractivity (Wildman–Crippen MR) is 64.5 cm³/mol. The van der Waals surface area contributed by atoms with Gasteiger partial charge in [0.05, 0.1) is 12.6 Å². The number of ether oxygens (including phenoxy) is 1. The zero-order valence-corrected chi connectivity index (χ0v) is 11.0. The first-order valence-electron chi connectivity index (χ1n) is 6.23. The van der Waals surface area contributed by atoms with E-state index in [1.165, 1.54) is 0 Å². The maximum atomic E-state index is 12.1. The van der Waals surface area contributed by atoms with Gasteiger partial charge in [0.25, 0.3) is 0 Å². The van der Waals surface area contributed by atoms with Gasteiger partial charge in [-0.2, -0.15) is 0 Å². The Labute approximate surface area is 102 Å². The third-order valence-corrected chi connectivity index (χ3v) is 3.05. The third-order valence-electron chi connectivity index (χ3n) is 3.05. The number of nitrogens with one attached hydrogen (secondary N) is 1. The molecule has 0 spiro atoms. The minimum Gasteiger partial charge on any atom is -0.380 e. The largest absolute Gasteiger partial charge is 0.380 e. The van der Waals surface area contributed by atoms with Gasteiger partial charge in [-0.25, -0.2) is 0 Å². The lowest BCUT2D eigenvalue weighted by Gasteiger charge is -2.41. The second kappa shape index (κ2) is 6.00. The van der Waals surface area contributed by atoms with Crippen LogP contribution in [0.3, 0.4) is 0 Å². The van der Waals surface area contributed by atoms with Crippen LogP contribution in [0.1, 0.15) is 34.1 Å². The Morgan fingerprint density at radius 3 is 2.59 bits per heavy atom. The molecular formula is C12H22N2O3. The van der Waals surface area contributed by atoms with Crippen molar-refractivity contribution in [2.24, 2.45) is 0 Å². The second-order valence-electron chi connectivity index (χ2n) is 4.41. The molecule has 0 aromatic carbocycles. The van der Waals surface area contributed by atoms with Gasteiger partial charge in [-0.1, -0.05) is 6.92 Å². The van der Waals surface area contributed by atoms with Crippen LogP contribution in [-0.4, -0.2) is 48.1 Å². The molecule has 1 saturated heterocycles. The van der Waals surface area contributed by atoms with Crippen LogP contribution < -0.4 is 5.32 Å². The van der Waals surface area contributed by atoms with Crippen molar-refractivity contribution in [3.05, 3.63) is 0 Å². The van der Waals surface area contributed by atoms with Crippen LogP contribution in [0.4, 0.5) is 0 Å². The van der Waals surface area contributed by atoms with Crippen molar-refractivity contribution in [3.63, 3.8) is 0 Å². The Morgan fingerprint density at radius 2 is 2.06 bits per heavy atom. The van der Waals surface area contributed by atoms with Gasteiger partial charge in [0.15, 0.2) is 0 Å². The molecule has 0 aliphatic carbocycles. The van der Waals surface area contributed by atoms with Gasteiger partial charge in [-0.15, -0.1) is 0 Å². The molecule has 1 N–H and O–H groups in total. The lowest BCUT2D eigenvalue weighted by atomic mass is 10.0. The maximum absolute atomic E-state index is 12.1. The molecule has 1 rings (SSSR count). The van der Waals surface area contributed by atoms with Crippen molar-refractivity contribution in [2.75, 3.05) is 13.2 Å². The van der Waals surface area contributed by atoms with Crippen LogP contribution in [0, 0.1) is 0 Å². The standard InChI is InChI=1S/C12H22N2O3/c1-5-10-11(15)13-9(4)12(16)14(10)8(3)7-17-6-2/h8-10H,5-7H2,1-4H3,(H,13,15). The molecule has 0 aromatic heterocycles. The van der Waals surface area contributed by atoms with Crippen LogP contribution in [0.5, 0.6) is 0 Å². The number of nitrogens with zero attached hydrogens (tertiary/aromatic N) is 1. The molecule has 98 valence electrons. The number of hydrogen-bond donors (Lipinski definition) is 1. The van der Waals surface area contributed by atoms with Crippen molar-refractivity contribution < 1.29 is 14.3 Å². The molecule has 0 aromatic rings. The molecular weight excluding hydrogens is 220 g/mol. The van der Waals surface area contributed by atoms with Crippen molar-refractivity contribution in [1.29, 1.82) is 0 Å². The summed E-state index contributed by atoms with van der Waals surface area (Å²) in [6.45, 7) is 8.54. The second-order valence-corrected chi connectivity index (χ2v) is 4.41. The Balaban J connectivity index is 2.81. The summed E-state index contributed by atoms with van der Waals surface area (Å²) in [7, 11) is 0. The highest BCUT2D eigenvalue weighted by Crippen LogP contribution is 2.16. The summed E-state index contributed by atoms with van der Waals surface area (Å²) in [6, 6.07) is -0.871. The number of piperazine rings is 1. The highest BCUT2D eigenvalue weighted by Gasteiger charge is 2.39. The van der Waals surface area contributed by atoms with E-state index >= 15 is 0 Å². The molecule has 1 heterocycles. The summed E-state index contributed by atoms with van der Waals surface area (Å²) >= 11 is 0. The fourth-order valence-electron chi connectivity index (χ4n) is 2.15. The average molecular weight is 242 g/mol. The Morgan fingerprint density at radius 1 is 1.41 bits per heavy atom. The molecule has 1 aliphatic heterocycles. The number of carbonyl (C=O) groups excluding carboxylic acids is 2. The fourth-order valence-corrected chi connectivity index (χ4v) is 2.15. The molecule has 5 heteroatoms. The highest BCUT2D eigenvalue weighted by atomic mass is 16.5. The van der Waals surface area contributed by atoms with E-state index < -0.39 is 6.04 Å². The van der Waals surface area contributed by atoms with Crippen molar-refractivity contribution in [1.82, 2.24) is 10.2 Å². The van der Waals surface area contributed by atoms with Crippen LogP contribution >= 0.6 is 0 Å². The minimum atomic E-state index is -0.436. The predicted octanol–water partition coefficient (Wildman–Crippen LogP) is 0.537. The topological polar surface area (TPSA) is 58.6 Å². The molecule has 0 saturated carbocycles. The zero-order valence-electron chi connectivity index (χ0n) is 11.0. The smallest absolute Gasteiger partial charge is 0.245 e. The first-order chi connectivity index (χ1) is 8.02. The van der Waals surface area contributed by atoms with Gasteiger partial charge >= 0.3 is 0 Å². The lowest BCUT2D eigenvalue weighted by Crippen LogP contribution is -2.65. The summed E-state index contributed by atoms with van der Waals surface area (Å²) in [4.78, 5) is 25.6. The zero-order chi connectivity index (χ0) is 13.0. The van der Waals surface area contributed by atoms with Gasteiger partial charge in [0.2, 0.25) is 11.8 Å². The van der Waals surface area contributed by atoms with E-state index in [1.54, 1.807) is 11.8 Å². The van der Waals surface area contributed by atoms with Gasteiger partial charge in [-0.05, 0) is 27.2 Å². The fraction of sp³-hybridized carbons (Fsp3) is 0.833. The maximum Gasteiger partial charge on any atom is 0.245 e. The number of carbonyl (C=O) groups is 2. The van der Waals surface area contributed by atoms with E-state index in [-0.39, 0.29) is 23.9 Å². The Bertz CT molecular complexity index is 293. The quantitative estimate of drug-likeness (QED) is 0.765. The minimum absolute atomic E-state index is 0.0244. The van der Waals surface area contributed by atoms with Gasteiger partial charge in [0.1, 0.15) is 12.1 Å². The van der Waals surface area contributed by atoms with Crippen LogP contribution in [0.25, 0.3) is 0 Å². The summed E-state index contributed by atoms with van der Waals surface area (Å²) in [5.41, 5.74) is 0. The van der Waals surface area contributed by atoms with Crippen molar-refractivity contribution >= 4 is 11.8 Å². The van der Waals surface area contributed by atoms with Crippen LogP contribution in [0.15, 0.2) is 0 Å². The molecule has 17 heavy (non-hydrogen) atoms. The SMILES string of the molecule is CCOCC(C)N1C(=O)C(C)NC(=O)C1CC.